The Morgan fingerprint density at radius 3 is 2.41 bits per heavy atom. The van der Waals surface area contributed by atoms with Crippen LogP contribution in [0.25, 0.3) is 10.8 Å². The normalized spacial score (nSPS) is 14.5. The van der Waals surface area contributed by atoms with Crippen molar-refractivity contribution in [2.75, 3.05) is 0 Å². The van der Waals surface area contributed by atoms with Crippen LogP contribution in [0.5, 0.6) is 0 Å². The number of carboxylic acid groups (broad SMARTS) is 1. The molecule has 2 atom stereocenters. The van der Waals surface area contributed by atoms with Gasteiger partial charge in [-0.1, -0.05) is 49.4 Å². The highest BCUT2D eigenvalue weighted by atomic mass is 16.4. The zero-order valence-electron chi connectivity index (χ0n) is 9.50. The number of aliphatic carboxylic acids is 1. The number of hydrogen-bond donors (Lipinski definition) is 2. The van der Waals surface area contributed by atoms with Crippen molar-refractivity contribution >= 4 is 16.7 Å². The first-order valence-electron chi connectivity index (χ1n) is 5.49. The third kappa shape index (κ3) is 2.29. The Morgan fingerprint density at radius 2 is 1.76 bits per heavy atom. The summed E-state index contributed by atoms with van der Waals surface area (Å²) in [7, 11) is 0. The molecular formula is C14H14O3. The topological polar surface area (TPSA) is 57.5 Å². The average molecular weight is 230 g/mol. The molecule has 3 nitrogen and oxygen atoms in total. The second kappa shape index (κ2) is 4.55. The summed E-state index contributed by atoms with van der Waals surface area (Å²) in [6.45, 7) is 1.71. The van der Waals surface area contributed by atoms with Gasteiger partial charge in [0.2, 0.25) is 0 Å². The molecule has 0 aliphatic carbocycles. The Labute approximate surface area is 99.3 Å². The van der Waals surface area contributed by atoms with E-state index in [1.165, 1.54) is 0 Å². The fourth-order valence-corrected chi connectivity index (χ4v) is 1.89. The van der Waals surface area contributed by atoms with Crippen molar-refractivity contribution in [1.82, 2.24) is 0 Å². The Balaban J connectivity index is 2.39. The number of rotatable bonds is 3. The lowest BCUT2D eigenvalue weighted by Gasteiger charge is -2.15. The van der Waals surface area contributed by atoms with Crippen LogP contribution in [0, 0.1) is 0 Å². The van der Waals surface area contributed by atoms with Crippen molar-refractivity contribution in [1.29, 1.82) is 0 Å². The second-order valence-electron chi connectivity index (χ2n) is 4.18. The maximum Gasteiger partial charge on any atom is 0.333 e. The minimum absolute atomic E-state index is 0.419. The van der Waals surface area contributed by atoms with Crippen molar-refractivity contribution in [3.63, 3.8) is 0 Å². The molecule has 0 aliphatic rings. The lowest BCUT2D eigenvalue weighted by atomic mass is 9.93. The van der Waals surface area contributed by atoms with E-state index in [-0.39, 0.29) is 0 Å². The van der Waals surface area contributed by atoms with Crippen LogP contribution < -0.4 is 0 Å². The van der Waals surface area contributed by atoms with Gasteiger partial charge in [-0.25, -0.2) is 4.79 Å². The Kier molecular flexibility index (Phi) is 3.11. The molecule has 0 bridgehead atoms. The third-order valence-electron chi connectivity index (χ3n) is 3.03. The Bertz CT molecular complexity index is 548. The summed E-state index contributed by atoms with van der Waals surface area (Å²) in [5.74, 6) is -1.61. The summed E-state index contributed by atoms with van der Waals surface area (Å²) in [6, 6.07) is 13.6. The highest BCUT2D eigenvalue weighted by molar-refractivity contribution is 5.83. The molecule has 2 N–H and O–H groups in total. The maximum absolute atomic E-state index is 10.7. The Morgan fingerprint density at radius 1 is 1.12 bits per heavy atom. The van der Waals surface area contributed by atoms with Crippen LogP contribution in [-0.4, -0.2) is 22.3 Å². The van der Waals surface area contributed by atoms with Gasteiger partial charge in [0.1, 0.15) is 0 Å². The molecule has 0 spiro atoms. The number of carboxylic acids is 1. The van der Waals surface area contributed by atoms with Crippen LogP contribution in [0.3, 0.4) is 0 Å². The zero-order valence-corrected chi connectivity index (χ0v) is 9.50. The first-order valence-corrected chi connectivity index (χ1v) is 5.49. The van der Waals surface area contributed by atoms with Gasteiger partial charge in [0.15, 0.2) is 6.10 Å². The minimum atomic E-state index is -1.36. The van der Waals surface area contributed by atoms with E-state index in [9.17, 15) is 9.90 Å². The molecule has 0 heterocycles. The molecular weight excluding hydrogens is 216 g/mol. The molecule has 3 heteroatoms. The van der Waals surface area contributed by atoms with E-state index in [0.717, 1.165) is 16.3 Å². The first-order chi connectivity index (χ1) is 8.09. The summed E-state index contributed by atoms with van der Waals surface area (Å²) in [6.07, 6.45) is -1.36. The monoisotopic (exact) mass is 230 g/mol. The molecule has 2 rings (SSSR count). The fraction of sp³-hybridized carbons (Fsp3) is 0.214. The molecule has 17 heavy (non-hydrogen) atoms. The van der Waals surface area contributed by atoms with E-state index in [1.54, 1.807) is 6.92 Å². The number of carbonyl (C=O) groups is 1. The van der Waals surface area contributed by atoms with Crippen LogP contribution >= 0.6 is 0 Å². The van der Waals surface area contributed by atoms with Crippen LogP contribution in [0.2, 0.25) is 0 Å². The summed E-state index contributed by atoms with van der Waals surface area (Å²) in [5.41, 5.74) is 0.832. The van der Waals surface area contributed by atoms with Gasteiger partial charge in [-0.05, 0) is 16.3 Å². The van der Waals surface area contributed by atoms with Crippen LogP contribution in [0.1, 0.15) is 18.4 Å². The number of benzene rings is 2. The van der Waals surface area contributed by atoms with Crippen molar-refractivity contribution < 1.29 is 15.0 Å². The van der Waals surface area contributed by atoms with Crippen molar-refractivity contribution in [2.24, 2.45) is 0 Å². The van der Waals surface area contributed by atoms with E-state index in [0.29, 0.717) is 0 Å². The van der Waals surface area contributed by atoms with Gasteiger partial charge in [-0.2, -0.15) is 0 Å². The number of hydrogen-bond acceptors (Lipinski definition) is 2. The second-order valence-corrected chi connectivity index (χ2v) is 4.18. The molecule has 0 aromatic heterocycles. The molecule has 0 amide bonds. The predicted octanol–water partition coefficient (Wildman–Crippen LogP) is 2.39. The maximum atomic E-state index is 10.7. The number of aliphatic hydroxyl groups is 1. The van der Waals surface area contributed by atoms with E-state index in [4.69, 9.17) is 5.11 Å². The van der Waals surface area contributed by atoms with Gasteiger partial charge >= 0.3 is 5.97 Å². The summed E-state index contributed by atoms with van der Waals surface area (Å²) < 4.78 is 0. The van der Waals surface area contributed by atoms with E-state index < -0.39 is 18.0 Å². The molecule has 0 saturated heterocycles. The fourth-order valence-electron chi connectivity index (χ4n) is 1.89. The highest BCUT2D eigenvalue weighted by Crippen LogP contribution is 2.24. The molecule has 0 saturated carbocycles. The third-order valence-corrected chi connectivity index (χ3v) is 3.03. The SMILES string of the molecule is CC(c1ccc2ccccc2c1)C(O)C(=O)O. The molecule has 2 unspecified atom stereocenters. The quantitative estimate of drug-likeness (QED) is 0.851. The van der Waals surface area contributed by atoms with E-state index in [2.05, 4.69) is 0 Å². The Hall–Kier alpha value is -1.87. The van der Waals surface area contributed by atoms with Gasteiger partial charge in [-0.15, -0.1) is 0 Å². The largest absolute Gasteiger partial charge is 0.479 e. The predicted molar refractivity (Wildman–Crippen MR) is 66.0 cm³/mol. The van der Waals surface area contributed by atoms with Crippen LogP contribution in [-0.2, 0) is 4.79 Å². The van der Waals surface area contributed by atoms with E-state index >= 15 is 0 Å². The summed E-state index contributed by atoms with van der Waals surface area (Å²) in [5, 5.41) is 20.5. The minimum Gasteiger partial charge on any atom is -0.479 e. The van der Waals surface area contributed by atoms with Gasteiger partial charge < -0.3 is 10.2 Å². The van der Waals surface area contributed by atoms with Crippen molar-refractivity contribution in [3.05, 3.63) is 48.0 Å². The molecule has 2 aromatic rings. The zero-order chi connectivity index (χ0) is 12.4. The van der Waals surface area contributed by atoms with Gasteiger partial charge in [-0.3, -0.25) is 0 Å². The highest BCUT2D eigenvalue weighted by Gasteiger charge is 2.22. The first kappa shape index (κ1) is 11.6. The van der Waals surface area contributed by atoms with Gasteiger partial charge in [0.05, 0.1) is 0 Å². The van der Waals surface area contributed by atoms with Crippen LogP contribution in [0.4, 0.5) is 0 Å². The smallest absolute Gasteiger partial charge is 0.333 e. The van der Waals surface area contributed by atoms with Crippen LogP contribution in [0.15, 0.2) is 42.5 Å². The standard InChI is InChI=1S/C14H14O3/c1-9(13(15)14(16)17)11-7-6-10-4-2-3-5-12(10)8-11/h2-9,13,15H,1H3,(H,16,17). The van der Waals surface area contributed by atoms with Crippen molar-refractivity contribution in [3.8, 4) is 0 Å². The molecule has 0 aliphatic heterocycles. The lowest BCUT2D eigenvalue weighted by Crippen LogP contribution is -2.25. The summed E-state index contributed by atoms with van der Waals surface area (Å²) in [4.78, 5) is 10.7. The lowest BCUT2D eigenvalue weighted by molar-refractivity contribution is -0.147. The molecule has 2 aromatic carbocycles. The molecule has 0 fully saturated rings. The number of fused-ring (bicyclic) bond motifs is 1. The van der Waals surface area contributed by atoms with Gasteiger partial charge in [0, 0.05) is 5.92 Å². The average Bonchev–Trinajstić information content (AvgIpc) is 2.36. The van der Waals surface area contributed by atoms with Gasteiger partial charge in [0.25, 0.3) is 0 Å². The van der Waals surface area contributed by atoms with E-state index in [1.807, 2.05) is 42.5 Å². The van der Waals surface area contributed by atoms with Crippen molar-refractivity contribution in [2.45, 2.75) is 18.9 Å². The summed E-state index contributed by atoms with van der Waals surface area (Å²) >= 11 is 0. The molecule has 88 valence electrons. The molecule has 0 radical (unpaired) electrons. The number of aliphatic hydroxyl groups excluding tert-OH is 1.